The van der Waals surface area contributed by atoms with Gasteiger partial charge in [-0.1, -0.05) is 30.3 Å². The van der Waals surface area contributed by atoms with Crippen LogP contribution >= 0.6 is 0 Å². The first kappa shape index (κ1) is 16.2. The van der Waals surface area contributed by atoms with E-state index in [0.717, 1.165) is 35.0 Å². The van der Waals surface area contributed by atoms with Gasteiger partial charge in [-0.25, -0.2) is 0 Å². The van der Waals surface area contributed by atoms with Crippen molar-refractivity contribution < 1.29 is 9.21 Å². The van der Waals surface area contributed by atoms with Gasteiger partial charge in [-0.05, 0) is 42.8 Å². The third-order valence-corrected chi connectivity index (χ3v) is 5.26. The summed E-state index contributed by atoms with van der Waals surface area (Å²) in [6, 6.07) is 12.3. The van der Waals surface area contributed by atoms with E-state index in [9.17, 15) is 4.79 Å². The van der Waals surface area contributed by atoms with Gasteiger partial charge in [-0.15, -0.1) is 0 Å². The Morgan fingerprint density at radius 2 is 1.96 bits per heavy atom. The zero-order chi connectivity index (χ0) is 17.2. The lowest BCUT2D eigenvalue weighted by molar-refractivity contribution is -0.129. The van der Waals surface area contributed by atoms with Crippen molar-refractivity contribution >= 4 is 27.6 Å². The molecule has 130 valence electrons. The predicted octanol–water partition coefficient (Wildman–Crippen LogP) is 3.68. The molecule has 4 nitrogen and oxygen atoms in total. The molecule has 0 atom stereocenters. The van der Waals surface area contributed by atoms with E-state index in [1.165, 1.54) is 31.3 Å². The molecule has 3 aromatic rings. The van der Waals surface area contributed by atoms with Crippen LogP contribution in [0.5, 0.6) is 0 Å². The Morgan fingerprint density at radius 1 is 1.16 bits per heavy atom. The van der Waals surface area contributed by atoms with Gasteiger partial charge in [0.25, 0.3) is 0 Å². The van der Waals surface area contributed by atoms with E-state index >= 15 is 0 Å². The van der Waals surface area contributed by atoms with Crippen LogP contribution in [0.2, 0.25) is 0 Å². The number of carbonyl (C=O) groups is 1. The van der Waals surface area contributed by atoms with Crippen LogP contribution in [0.15, 0.2) is 47.1 Å². The molecule has 0 aliphatic carbocycles. The molecule has 0 saturated carbocycles. The summed E-state index contributed by atoms with van der Waals surface area (Å²) < 4.78 is 5.70. The second-order valence-electron chi connectivity index (χ2n) is 6.96. The van der Waals surface area contributed by atoms with Gasteiger partial charge in [0.05, 0.1) is 12.7 Å². The van der Waals surface area contributed by atoms with Crippen molar-refractivity contribution in [2.45, 2.75) is 19.3 Å². The summed E-state index contributed by atoms with van der Waals surface area (Å²) in [5, 5.41) is 3.39. The summed E-state index contributed by atoms with van der Waals surface area (Å²) >= 11 is 0. The zero-order valence-electron chi connectivity index (χ0n) is 14.7. The molecular formula is C21H24N2O2. The number of fused-ring (bicyclic) bond motifs is 3. The number of benzene rings is 2. The number of likely N-dealkylation sites (tertiary alicyclic amines) is 1. The minimum absolute atomic E-state index is 0.148. The van der Waals surface area contributed by atoms with E-state index in [1.54, 1.807) is 6.26 Å². The fourth-order valence-corrected chi connectivity index (χ4v) is 3.72. The number of furan rings is 1. The van der Waals surface area contributed by atoms with Crippen LogP contribution in [0.1, 0.15) is 18.4 Å². The smallest absolute Gasteiger partial charge is 0.226 e. The van der Waals surface area contributed by atoms with Crippen molar-refractivity contribution in [2.75, 3.05) is 33.2 Å². The molecule has 0 spiro atoms. The first-order valence-electron chi connectivity index (χ1n) is 9.06. The summed E-state index contributed by atoms with van der Waals surface area (Å²) in [5.74, 6) is 0.148. The minimum Gasteiger partial charge on any atom is -0.464 e. The Bertz CT molecular complexity index is 893. The van der Waals surface area contributed by atoms with E-state index in [4.69, 9.17) is 4.42 Å². The van der Waals surface area contributed by atoms with Crippen LogP contribution in [0, 0.1) is 0 Å². The second kappa shape index (κ2) is 6.89. The number of hydrogen-bond acceptors (Lipinski definition) is 3. The molecule has 1 fully saturated rings. The summed E-state index contributed by atoms with van der Waals surface area (Å²) in [5.41, 5.74) is 1.83. The van der Waals surface area contributed by atoms with Gasteiger partial charge in [0.2, 0.25) is 5.91 Å². The molecule has 1 aromatic heterocycles. The Balaban J connectivity index is 1.51. The summed E-state index contributed by atoms with van der Waals surface area (Å²) in [7, 11) is 1.90. The van der Waals surface area contributed by atoms with Crippen molar-refractivity contribution in [3.63, 3.8) is 0 Å². The Morgan fingerprint density at radius 3 is 2.80 bits per heavy atom. The Labute approximate surface area is 148 Å². The quantitative estimate of drug-likeness (QED) is 0.713. The highest BCUT2D eigenvalue weighted by Crippen LogP contribution is 2.30. The van der Waals surface area contributed by atoms with Gasteiger partial charge >= 0.3 is 0 Å². The number of likely N-dealkylation sites (N-methyl/N-ethyl adjacent to an activating group) is 1. The van der Waals surface area contributed by atoms with Crippen LogP contribution in [0.3, 0.4) is 0 Å². The Kier molecular flexibility index (Phi) is 4.45. The number of carbonyl (C=O) groups excluding carboxylic acids is 1. The highest BCUT2D eigenvalue weighted by molar-refractivity contribution is 6.08. The van der Waals surface area contributed by atoms with E-state index in [0.29, 0.717) is 6.42 Å². The van der Waals surface area contributed by atoms with Crippen molar-refractivity contribution in [2.24, 2.45) is 0 Å². The van der Waals surface area contributed by atoms with Gasteiger partial charge in [-0.3, -0.25) is 4.79 Å². The maximum Gasteiger partial charge on any atom is 0.226 e. The molecule has 1 aliphatic heterocycles. The SMILES string of the molecule is CN(CCN1CCCC1)C(=O)Cc1coc2ccc3ccccc3c12. The van der Waals surface area contributed by atoms with Crippen LogP contribution < -0.4 is 0 Å². The molecule has 1 amide bonds. The molecule has 25 heavy (non-hydrogen) atoms. The number of rotatable bonds is 5. The third-order valence-electron chi connectivity index (χ3n) is 5.26. The fourth-order valence-electron chi connectivity index (χ4n) is 3.72. The highest BCUT2D eigenvalue weighted by Gasteiger charge is 2.17. The van der Waals surface area contributed by atoms with Crippen molar-refractivity contribution in [1.82, 2.24) is 9.80 Å². The lowest BCUT2D eigenvalue weighted by atomic mass is 10.0. The maximum atomic E-state index is 12.7. The van der Waals surface area contributed by atoms with Crippen LogP contribution in [-0.2, 0) is 11.2 Å². The summed E-state index contributed by atoms with van der Waals surface area (Å²) in [6.45, 7) is 4.09. The maximum absolute atomic E-state index is 12.7. The second-order valence-corrected chi connectivity index (χ2v) is 6.96. The van der Waals surface area contributed by atoms with Crippen LogP contribution in [0.25, 0.3) is 21.7 Å². The molecule has 2 aromatic carbocycles. The number of nitrogens with zero attached hydrogens (tertiary/aromatic N) is 2. The third kappa shape index (κ3) is 3.27. The topological polar surface area (TPSA) is 36.7 Å². The molecule has 4 heteroatoms. The van der Waals surface area contributed by atoms with Gasteiger partial charge in [0.1, 0.15) is 5.58 Å². The summed E-state index contributed by atoms with van der Waals surface area (Å²) in [4.78, 5) is 16.9. The van der Waals surface area contributed by atoms with E-state index < -0.39 is 0 Å². The lowest BCUT2D eigenvalue weighted by Crippen LogP contribution is -2.35. The molecule has 1 saturated heterocycles. The van der Waals surface area contributed by atoms with E-state index in [2.05, 4.69) is 23.1 Å². The lowest BCUT2D eigenvalue weighted by Gasteiger charge is -2.21. The average Bonchev–Trinajstić information content (AvgIpc) is 3.29. The van der Waals surface area contributed by atoms with Gasteiger partial charge in [0.15, 0.2) is 0 Å². The summed E-state index contributed by atoms with van der Waals surface area (Å²) in [6.07, 6.45) is 4.69. The van der Waals surface area contributed by atoms with Crippen molar-refractivity contribution in [3.8, 4) is 0 Å². The van der Waals surface area contributed by atoms with Gasteiger partial charge in [0, 0.05) is 31.1 Å². The molecule has 0 bridgehead atoms. The molecule has 0 N–H and O–H groups in total. The highest BCUT2D eigenvalue weighted by atomic mass is 16.3. The average molecular weight is 336 g/mol. The molecule has 2 heterocycles. The first-order chi connectivity index (χ1) is 12.2. The number of amides is 1. The first-order valence-corrected chi connectivity index (χ1v) is 9.06. The monoisotopic (exact) mass is 336 g/mol. The fraction of sp³-hybridized carbons (Fsp3) is 0.381. The molecule has 0 unspecified atom stereocenters. The van der Waals surface area contributed by atoms with E-state index in [-0.39, 0.29) is 5.91 Å². The predicted molar refractivity (Wildman–Crippen MR) is 101 cm³/mol. The largest absolute Gasteiger partial charge is 0.464 e. The molecule has 0 radical (unpaired) electrons. The zero-order valence-corrected chi connectivity index (χ0v) is 14.7. The van der Waals surface area contributed by atoms with Crippen LogP contribution in [0.4, 0.5) is 0 Å². The van der Waals surface area contributed by atoms with Crippen LogP contribution in [-0.4, -0.2) is 48.9 Å². The number of hydrogen-bond donors (Lipinski definition) is 0. The van der Waals surface area contributed by atoms with E-state index in [1.807, 2.05) is 30.1 Å². The molecular weight excluding hydrogens is 312 g/mol. The van der Waals surface area contributed by atoms with Crippen molar-refractivity contribution in [3.05, 3.63) is 48.2 Å². The normalized spacial score (nSPS) is 15.2. The van der Waals surface area contributed by atoms with Crippen molar-refractivity contribution in [1.29, 1.82) is 0 Å². The van der Waals surface area contributed by atoms with Gasteiger partial charge < -0.3 is 14.2 Å². The van der Waals surface area contributed by atoms with Gasteiger partial charge in [-0.2, -0.15) is 0 Å². The minimum atomic E-state index is 0.148. The Hall–Kier alpha value is -2.33. The standard InChI is InChI=1S/C21H24N2O2/c1-22(12-13-23-10-4-5-11-23)20(24)14-17-15-25-19-9-8-16-6-2-3-7-18(16)21(17)19/h2-3,6-9,15H,4-5,10-14H2,1H3. The molecule has 1 aliphatic rings. The molecule has 4 rings (SSSR count).